The molecule has 0 saturated carbocycles. The minimum Gasteiger partial charge on any atom is -0.398 e. The Bertz CT molecular complexity index is 594. The van der Waals surface area contributed by atoms with E-state index in [9.17, 15) is 8.42 Å². The molecule has 106 valence electrons. The third kappa shape index (κ3) is 3.34. The van der Waals surface area contributed by atoms with Gasteiger partial charge in [-0.15, -0.1) is 5.10 Å². The number of nitrogens with zero attached hydrogens (tertiary/aromatic N) is 3. The van der Waals surface area contributed by atoms with Gasteiger partial charge in [0.25, 0.3) is 0 Å². The Balaban J connectivity index is 3.38. The van der Waals surface area contributed by atoms with E-state index in [1.165, 1.54) is 39.3 Å². The first-order chi connectivity index (χ1) is 8.66. The molecule has 1 aromatic carbocycles. The van der Waals surface area contributed by atoms with E-state index in [2.05, 4.69) is 5.10 Å². The van der Waals surface area contributed by atoms with Crippen molar-refractivity contribution in [3.05, 3.63) is 23.8 Å². The van der Waals surface area contributed by atoms with E-state index in [0.29, 0.717) is 11.3 Å². The lowest BCUT2D eigenvalue weighted by atomic mass is 10.1. The highest BCUT2D eigenvalue weighted by Gasteiger charge is 2.19. The normalized spacial score (nSPS) is 12.8. The molecule has 0 atom stereocenters. The van der Waals surface area contributed by atoms with E-state index in [4.69, 9.17) is 17.3 Å². The van der Waals surface area contributed by atoms with E-state index in [0.717, 1.165) is 9.42 Å². The van der Waals surface area contributed by atoms with Gasteiger partial charge in [0.05, 0.1) is 4.90 Å². The van der Waals surface area contributed by atoms with Gasteiger partial charge in [0.2, 0.25) is 10.0 Å². The molecule has 0 aromatic heterocycles. The molecule has 0 aliphatic rings. The molecular weight excluding hydrogens is 268 g/mol. The van der Waals surface area contributed by atoms with Crippen molar-refractivity contribution in [2.45, 2.75) is 4.90 Å². The van der Waals surface area contributed by atoms with Crippen molar-refractivity contribution >= 4 is 21.5 Å². The lowest BCUT2D eigenvalue weighted by Crippen LogP contribution is -2.27. The van der Waals surface area contributed by atoms with Gasteiger partial charge in [-0.2, -0.15) is 0 Å². The summed E-state index contributed by atoms with van der Waals surface area (Å²) in [6.07, 6.45) is 0. The summed E-state index contributed by atoms with van der Waals surface area (Å²) in [7, 11) is 0.816. The van der Waals surface area contributed by atoms with Crippen LogP contribution in [0.15, 0.2) is 28.2 Å². The highest BCUT2D eigenvalue weighted by molar-refractivity contribution is 7.89. The summed E-state index contributed by atoms with van der Waals surface area (Å²) >= 11 is 0. The molecule has 9 heteroatoms. The van der Waals surface area contributed by atoms with Crippen LogP contribution in [0.25, 0.3) is 0 Å². The van der Waals surface area contributed by atoms with E-state index in [1.807, 2.05) is 0 Å². The molecule has 1 rings (SSSR count). The number of nitrogens with two attached hydrogens (primary N) is 3. The molecule has 0 saturated heterocycles. The third-order valence-corrected chi connectivity index (χ3v) is 4.16. The topological polar surface area (TPSA) is 131 Å². The molecule has 0 amide bonds. The maximum absolute atomic E-state index is 12.0. The van der Waals surface area contributed by atoms with Crippen molar-refractivity contribution in [1.82, 2.24) is 9.42 Å². The number of nitrogen functional groups attached to an aromatic ring is 1. The quantitative estimate of drug-likeness (QED) is 0.213. The van der Waals surface area contributed by atoms with Gasteiger partial charge in [-0.05, 0) is 18.2 Å². The summed E-state index contributed by atoms with van der Waals surface area (Å²) < 4.78 is 25.1. The fourth-order valence-corrected chi connectivity index (χ4v) is 2.28. The summed E-state index contributed by atoms with van der Waals surface area (Å²) in [5.41, 5.74) is 12.1. The Labute approximate surface area is 112 Å². The molecule has 0 aliphatic heterocycles. The minimum absolute atomic E-state index is 0.0401. The molecule has 0 bridgehead atoms. The van der Waals surface area contributed by atoms with Crippen LogP contribution in [0.2, 0.25) is 0 Å². The summed E-state index contributed by atoms with van der Waals surface area (Å²) in [4.78, 5) is 0.0829. The lowest BCUT2D eigenvalue weighted by molar-refractivity contribution is 0.371. The molecule has 0 aliphatic carbocycles. The average Bonchev–Trinajstić information content (AvgIpc) is 2.27. The van der Waals surface area contributed by atoms with Crippen LogP contribution in [-0.4, -0.2) is 44.8 Å². The second kappa shape index (κ2) is 5.43. The van der Waals surface area contributed by atoms with Crippen molar-refractivity contribution in [1.29, 1.82) is 0 Å². The first kappa shape index (κ1) is 15.2. The standard InChI is InChI=1S/C10H18N6O2S/c1-15(2)19(17,18)7-4-5-9(11)8(6-7)10(12)14-16(3)13/h4-6H,11,13H2,1-3H3,(H2,12,14). The Morgan fingerprint density at radius 1 is 1.26 bits per heavy atom. The van der Waals surface area contributed by atoms with Crippen molar-refractivity contribution in [3.8, 4) is 0 Å². The van der Waals surface area contributed by atoms with Gasteiger partial charge >= 0.3 is 0 Å². The van der Waals surface area contributed by atoms with Crippen LogP contribution in [0, 0.1) is 0 Å². The van der Waals surface area contributed by atoms with E-state index >= 15 is 0 Å². The summed E-state index contributed by atoms with van der Waals surface area (Å²) in [5.74, 6) is 5.39. The Kier molecular flexibility index (Phi) is 4.35. The number of hydrogen-bond donors (Lipinski definition) is 3. The van der Waals surface area contributed by atoms with E-state index in [-0.39, 0.29) is 10.7 Å². The zero-order valence-electron chi connectivity index (χ0n) is 11.0. The monoisotopic (exact) mass is 286 g/mol. The SMILES string of the molecule is CN(N)/N=C(\N)c1cc(S(=O)(=O)N(C)C)ccc1N. The first-order valence-electron chi connectivity index (χ1n) is 5.31. The van der Waals surface area contributed by atoms with Gasteiger partial charge in [0, 0.05) is 32.4 Å². The minimum atomic E-state index is -3.56. The molecule has 0 unspecified atom stereocenters. The average molecular weight is 286 g/mol. The van der Waals surface area contributed by atoms with E-state index < -0.39 is 10.0 Å². The molecular formula is C10H18N6O2S. The van der Waals surface area contributed by atoms with Crippen LogP contribution in [0.3, 0.4) is 0 Å². The number of benzene rings is 1. The van der Waals surface area contributed by atoms with Crippen molar-refractivity contribution in [2.24, 2.45) is 16.7 Å². The van der Waals surface area contributed by atoms with Gasteiger partial charge in [0.15, 0.2) is 5.84 Å². The fraction of sp³-hybridized carbons (Fsp3) is 0.300. The van der Waals surface area contributed by atoms with E-state index in [1.54, 1.807) is 0 Å². The molecule has 19 heavy (non-hydrogen) atoms. The van der Waals surface area contributed by atoms with Crippen molar-refractivity contribution < 1.29 is 8.42 Å². The first-order valence-corrected chi connectivity index (χ1v) is 6.75. The van der Waals surface area contributed by atoms with Crippen LogP contribution in [-0.2, 0) is 10.0 Å². The largest absolute Gasteiger partial charge is 0.398 e. The zero-order valence-corrected chi connectivity index (χ0v) is 11.8. The zero-order chi connectivity index (χ0) is 14.8. The molecule has 8 nitrogen and oxygen atoms in total. The number of sulfonamides is 1. The number of hydrogen-bond acceptors (Lipinski definition) is 6. The number of rotatable bonds is 4. The molecule has 6 N–H and O–H groups in total. The Morgan fingerprint density at radius 2 is 1.84 bits per heavy atom. The molecule has 0 heterocycles. The number of anilines is 1. The van der Waals surface area contributed by atoms with Gasteiger partial charge in [0.1, 0.15) is 0 Å². The number of hydrazone groups is 1. The summed E-state index contributed by atoms with van der Waals surface area (Å²) in [6, 6.07) is 4.24. The highest BCUT2D eigenvalue weighted by atomic mass is 32.2. The highest BCUT2D eigenvalue weighted by Crippen LogP contribution is 2.19. The number of amidine groups is 1. The van der Waals surface area contributed by atoms with Gasteiger partial charge in [-0.3, -0.25) is 0 Å². The van der Waals surface area contributed by atoms with Crippen molar-refractivity contribution in [3.63, 3.8) is 0 Å². The van der Waals surface area contributed by atoms with Gasteiger partial charge < -0.3 is 11.5 Å². The second-order valence-corrected chi connectivity index (χ2v) is 6.25. The Hall–Kier alpha value is -1.84. The second-order valence-electron chi connectivity index (χ2n) is 4.10. The smallest absolute Gasteiger partial charge is 0.242 e. The van der Waals surface area contributed by atoms with Gasteiger partial charge in [-0.1, -0.05) is 0 Å². The van der Waals surface area contributed by atoms with Crippen LogP contribution in [0.4, 0.5) is 5.69 Å². The van der Waals surface area contributed by atoms with Gasteiger partial charge in [-0.25, -0.2) is 23.7 Å². The predicted molar refractivity (Wildman–Crippen MR) is 74.4 cm³/mol. The van der Waals surface area contributed by atoms with Crippen LogP contribution in [0.1, 0.15) is 5.56 Å². The molecule has 0 spiro atoms. The van der Waals surface area contributed by atoms with Crippen molar-refractivity contribution in [2.75, 3.05) is 26.9 Å². The Morgan fingerprint density at radius 3 is 2.32 bits per heavy atom. The molecule has 0 fully saturated rings. The van der Waals surface area contributed by atoms with Crippen LogP contribution in [0.5, 0.6) is 0 Å². The molecule has 1 aromatic rings. The fourth-order valence-electron chi connectivity index (χ4n) is 1.35. The van der Waals surface area contributed by atoms with Crippen LogP contribution < -0.4 is 17.3 Å². The summed E-state index contributed by atoms with van der Waals surface area (Å²) in [5, 5.41) is 4.81. The summed E-state index contributed by atoms with van der Waals surface area (Å²) in [6.45, 7) is 0. The third-order valence-electron chi connectivity index (χ3n) is 2.34. The van der Waals surface area contributed by atoms with Crippen LogP contribution >= 0.6 is 0 Å². The number of hydrazine groups is 1. The lowest BCUT2D eigenvalue weighted by Gasteiger charge is -2.14. The maximum Gasteiger partial charge on any atom is 0.242 e. The predicted octanol–water partition coefficient (Wildman–Crippen LogP) is -1.06. The molecule has 0 radical (unpaired) electrons. The maximum atomic E-state index is 12.0.